The topological polar surface area (TPSA) is 65.5 Å². The number of amides is 1. The summed E-state index contributed by atoms with van der Waals surface area (Å²) in [6.07, 6.45) is 7.40. The summed E-state index contributed by atoms with van der Waals surface area (Å²) in [6.45, 7) is 4.98. The number of nitrogens with one attached hydrogen (secondary N) is 3. The Morgan fingerprint density at radius 1 is 1.28 bits per heavy atom. The third-order valence-corrected chi connectivity index (χ3v) is 4.27. The molecule has 0 atom stereocenters. The fraction of sp³-hybridized carbons (Fsp3) is 0.474. The molecule has 0 bridgehead atoms. The molecule has 1 aromatic carbocycles. The first-order valence-corrected chi connectivity index (χ1v) is 8.68. The molecule has 1 aliphatic rings. The summed E-state index contributed by atoms with van der Waals surface area (Å²) in [5.74, 6) is 1.05. The number of carbonyl (C=O) groups excluding carboxylic acids is 1. The van der Waals surface area contributed by atoms with E-state index < -0.39 is 0 Å². The molecular weight excluding hydrogens is 427 g/mol. The Kier molecular flexibility index (Phi) is 10.2. The molecule has 25 heavy (non-hydrogen) atoms. The van der Waals surface area contributed by atoms with Crippen molar-refractivity contribution in [2.75, 3.05) is 18.9 Å². The van der Waals surface area contributed by atoms with Crippen molar-refractivity contribution >= 4 is 41.5 Å². The molecule has 0 aliphatic heterocycles. The van der Waals surface area contributed by atoms with Gasteiger partial charge in [0.15, 0.2) is 5.96 Å². The van der Waals surface area contributed by atoms with E-state index in [4.69, 9.17) is 0 Å². The van der Waals surface area contributed by atoms with Crippen LogP contribution in [-0.2, 0) is 11.3 Å². The van der Waals surface area contributed by atoms with Crippen LogP contribution in [0.2, 0.25) is 0 Å². The summed E-state index contributed by atoms with van der Waals surface area (Å²) in [7, 11) is 1.74. The largest absolute Gasteiger partial charge is 0.353 e. The predicted octanol–water partition coefficient (Wildman–Crippen LogP) is 3.67. The van der Waals surface area contributed by atoms with Crippen LogP contribution in [0.1, 0.15) is 37.7 Å². The number of carbonyl (C=O) groups is 1. The molecule has 0 heterocycles. The summed E-state index contributed by atoms with van der Waals surface area (Å²) in [4.78, 5) is 16.5. The molecule has 138 valence electrons. The molecule has 6 heteroatoms. The van der Waals surface area contributed by atoms with Crippen molar-refractivity contribution < 1.29 is 4.79 Å². The number of halogens is 1. The predicted molar refractivity (Wildman–Crippen MR) is 115 cm³/mol. The SMILES string of the molecule is C=CCNC(=NC)NCc1cccc(NC(=O)C2CCCCC2)c1.I. The van der Waals surface area contributed by atoms with Gasteiger partial charge in [-0.1, -0.05) is 37.5 Å². The van der Waals surface area contributed by atoms with Crippen LogP contribution in [0.3, 0.4) is 0 Å². The van der Waals surface area contributed by atoms with Gasteiger partial charge in [0.2, 0.25) is 5.91 Å². The van der Waals surface area contributed by atoms with E-state index in [2.05, 4.69) is 27.5 Å². The van der Waals surface area contributed by atoms with Gasteiger partial charge in [0, 0.05) is 31.7 Å². The Morgan fingerprint density at radius 2 is 2.04 bits per heavy atom. The summed E-state index contributed by atoms with van der Waals surface area (Å²) < 4.78 is 0. The molecule has 0 aromatic heterocycles. The molecule has 1 fully saturated rings. The zero-order chi connectivity index (χ0) is 17.2. The second-order valence-corrected chi connectivity index (χ2v) is 6.12. The zero-order valence-electron chi connectivity index (χ0n) is 14.9. The molecule has 1 amide bonds. The second-order valence-electron chi connectivity index (χ2n) is 6.12. The minimum Gasteiger partial charge on any atom is -0.353 e. The van der Waals surface area contributed by atoms with Crippen LogP contribution >= 0.6 is 24.0 Å². The number of aliphatic imine (C=N–C) groups is 1. The van der Waals surface area contributed by atoms with Gasteiger partial charge in [-0.05, 0) is 30.5 Å². The average molecular weight is 456 g/mol. The molecule has 0 unspecified atom stereocenters. The average Bonchev–Trinajstić information content (AvgIpc) is 2.63. The van der Waals surface area contributed by atoms with E-state index in [-0.39, 0.29) is 35.8 Å². The standard InChI is InChI=1S/C19H28N4O.HI/c1-3-12-21-19(20-2)22-14-15-8-7-11-17(13-15)23-18(24)16-9-5-4-6-10-16;/h3,7-8,11,13,16H,1,4-6,9-10,12,14H2,2H3,(H,23,24)(H2,20,21,22);1H. The highest BCUT2D eigenvalue weighted by atomic mass is 127. The molecular formula is C19H29IN4O. The maximum absolute atomic E-state index is 12.3. The lowest BCUT2D eigenvalue weighted by molar-refractivity contribution is -0.120. The fourth-order valence-electron chi connectivity index (χ4n) is 2.94. The van der Waals surface area contributed by atoms with Gasteiger partial charge in [-0.2, -0.15) is 0 Å². The Hall–Kier alpha value is -1.57. The molecule has 1 aliphatic carbocycles. The number of hydrogen-bond donors (Lipinski definition) is 3. The van der Waals surface area contributed by atoms with E-state index in [0.717, 1.165) is 30.1 Å². The highest BCUT2D eigenvalue weighted by Gasteiger charge is 2.20. The number of guanidine groups is 1. The van der Waals surface area contributed by atoms with E-state index in [1.165, 1.54) is 19.3 Å². The quantitative estimate of drug-likeness (QED) is 0.265. The summed E-state index contributed by atoms with van der Waals surface area (Å²) >= 11 is 0. The summed E-state index contributed by atoms with van der Waals surface area (Å²) in [6, 6.07) is 7.95. The molecule has 3 N–H and O–H groups in total. The van der Waals surface area contributed by atoms with Crippen molar-refractivity contribution in [1.29, 1.82) is 0 Å². The van der Waals surface area contributed by atoms with Crippen LogP contribution < -0.4 is 16.0 Å². The monoisotopic (exact) mass is 456 g/mol. The molecule has 0 spiro atoms. The minimum absolute atomic E-state index is 0. The third-order valence-electron chi connectivity index (χ3n) is 4.27. The van der Waals surface area contributed by atoms with Crippen molar-refractivity contribution in [1.82, 2.24) is 10.6 Å². The Labute approximate surface area is 167 Å². The second kappa shape index (κ2) is 11.9. The summed E-state index contributed by atoms with van der Waals surface area (Å²) in [5.41, 5.74) is 1.96. The van der Waals surface area contributed by atoms with Crippen molar-refractivity contribution in [2.24, 2.45) is 10.9 Å². The maximum atomic E-state index is 12.3. The van der Waals surface area contributed by atoms with Gasteiger partial charge in [0.1, 0.15) is 0 Å². The van der Waals surface area contributed by atoms with Crippen molar-refractivity contribution in [3.8, 4) is 0 Å². The van der Waals surface area contributed by atoms with Gasteiger partial charge < -0.3 is 16.0 Å². The maximum Gasteiger partial charge on any atom is 0.227 e. The number of rotatable bonds is 6. The molecule has 0 radical (unpaired) electrons. The van der Waals surface area contributed by atoms with Gasteiger partial charge in [-0.15, -0.1) is 30.6 Å². The number of anilines is 1. The number of nitrogens with zero attached hydrogens (tertiary/aromatic N) is 1. The van der Waals surface area contributed by atoms with Gasteiger partial charge in [0.25, 0.3) is 0 Å². The lowest BCUT2D eigenvalue weighted by Crippen LogP contribution is -2.36. The van der Waals surface area contributed by atoms with Crippen molar-refractivity contribution in [3.05, 3.63) is 42.5 Å². The molecule has 0 saturated heterocycles. The molecule has 5 nitrogen and oxygen atoms in total. The molecule has 1 aromatic rings. The van der Waals surface area contributed by atoms with Crippen molar-refractivity contribution in [3.63, 3.8) is 0 Å². The van der Waals surface area contributed by atoms with E-state index >= 15 is 0 Å². The Bertz CT molecular complexity index is 583. The highest BCUT2D eigenvalue weighted by Crippen LogP contribution is 2.25. The van der Waals surface area contributed by atoms with Crippen LogP contribution in [0.4, 0.5) is 5.69 Å². The van der Waals surface area contributed by atoms with Gasteiger partial charge in [0.05, 0.1) is 0 Å². The minimum atomic E-state index is 0. The Morgan fingerprint density at radius 3 is 2.72 bits per heavy atom. The van der Waals surface area contributed by atoms with E-state index in [9.17, 15) is 4.79 Å². The van der Waals surface area contributed by atoms with E-state index in [1.54, 1.807) is 13.1 Å². The zero-order valence-corrected chi connectivity index (χ0v) is 17.2. The van der Waals surface area contributed by atoms with Crippen molar-refractivity contribution in [2.45, 2.75) is 38.6 Å². The van der Waals surface area contributed by atoms with Gasteiger partial charge in [-0.25, -0.2) is 0 Å². The van der Waals surface area contributed by atoms with Crippen LogP contribution in [0.15, 0.2) is 41.9 Å². The van der Waals surface area contributed by atoms with Crippen LogP contribution in [-0.4, -0.2) is 25.5 Å². The Balaban J connectivity index is 0.00000312. The first-order chi connectivity index (χ1) is 11.7. The first-order valence-electron chi connectivity index (χ1n) is 8.68. The van der Waals surface area contributed by atoms with E-state index in [1.807, 2.05) is 24.3 Å². The normalized spacial score (nSPS) is 15.0. The van der Waals surface area contributed by atoms with Gasteiger partial charge >= 0.3 is 0 Å². The highest BCUT2D eigenvalue weighted by molar-refractivity contribution is 14.0. The number of hydrogen-bond acceptors (Lipinski definition) is 2. The number of benzene rings is 1. The lowest BCUT2D eigenvalue weighted by atomic mass is 9.88. The molecule has 1 saturated carbocycles. The molecule has 2 rings (SSSR count). The third kappa shape index (κ3) is 7.46. The van der Waals surface area contributed by atoms with Crippen LogP contribution in [0, 0.1) is 5.92 Å². The smallest absolute Gasteiger partial charge is 0.227 e. The summed E-state index contributed by atoms with van der Waals surface area (Å²) in [5, 5.41) is 9.44. The van der Waals surface area contributed by atoms with E-state index in [0.29, 0.717) is 13.1 Å². The van der Waals surface area contributed by atoms with Crippen LogP contribution in [0.25, 0.3) is 0 Å². The van der Waals surface area contributed by atoms with Crippen LogP contribution in [0.5, 0.6) is 0 Å². The van der Waals surface area contributed by atoms with Gasteiger partial charge in [-0.3, -0.25) is 9.79 Å². The first kappa shape index (κ1) is 21.5. The lowest BCUT2D eigenvalue weighted by Gasteiger charge is -2.21. The fourth-order valence-corrected chi connectivity index (χ4v) is 2.94.